The molecular formula is C24H28N2O4. The first-order valence-electron chi connectivity index (χ1n) is 10.7. The Balaban J connectivity index is 1.55. The van der Waals surface area contributed by atoms with E-state index in [0.29, 0.717) is 6.54 Å². The Morgan fingerprint density at radius 1 is 1.17 bits per heavy atom. The number of carbonyl (C=O) groups is 2. The van der Waals surface area contributed by atoms with Crippen LogP contribution in [0.5, 0.6) is 11.5 Å². The summed E-state index contributed by atoms with van der Waals surface area (Å²) >= 11 is 0. The first-order chi connectivity index (χ1) is 14.5. The van der Waals surface area contributed by atoms with E-state index in [9.17, 15) is 14.7 Å². The quantitative estimate of drug-likeness (QED) is 0.791. The lowest BCUT2D eigenvalue weighted by molar-refractivity contribution is 0.0682. The van der Waals surface area contributed by atoms with Crippen LogP contribution in [0.25, 0.3) is 0 Å². The Morgan fingerprint density at radius 2 is 1.90 bits per heavy atom. The number of piperidine rings is 1. The predicted octanol–water partition coefficient (Wildman–Crippen LogP) is 3.56. The third-order valence-corrected chi connectivity index (χ3v) is 5.99. The molecule has 6 nitrogen and oxygen atoms in total. The molecule has 2 atom stereocenters. The fraction of sp³-hybridized carbons (Fsp3) is 0.417. The number of hydrogen-bond acceptors (Lipinski definition) is 5. The lowest BCUT2D eigenvalue weighted by atomic mass is 9.86. The summed E-state index contributed by atoms with van der Waals surface area (Å²) in [6.07, 6.45) is 3.19. The van der Waals surface area contributed by atoms with Gasteiger partial charge in [0, 0.05) is 13.1 Å². The van der Waals surface area contributed by atoms with Gasteiger partial charge < -0.3 is 20.1 Å². The third kappa shape index (κ3) is 4.19. The van der Waals surface area contributed by atoms with Gasteiger partial charge in [0.15, 0.2) is 5.78 Å². The Morgan fingerprint density at radius 3 is 2.63 bits per heavy atom. The van der Waals surface area contributed by atoms with Gasteiger partial charge >= 0.3 is 0 Å². The summed E-state index contributed by atoms with van der Waals surface area (Å²) in [5.41, 5.74) is 1.34. The number of phenols is 1. The number of Topliss-reactive ketones (excluding diaryl/α,β-unsaturated/α-hetero) is 1. The number of ether oxygens (including phenoxy) is 1. The second-order valence-electron chi connectivity index (χ2n) is 8.13. The van der Waals surface area contributed by atoms with Crippen molar-refractivity contribution in [3.8, 4) is 11.5 Å². The normalized spacial score (nSPS) is 21.6. The van der Waals surface area contributed by atoms with Crippen LogP contribution in [-0.2, 0) is 0 Å². The molecule has 0 aromatic heterocycles. The van der Waals surface area contributed by atoms with Gasteiger partial charge in [-0.05, 0) is 43.6 Å². The Bertz CT molecular complexity index is 922. The molecule has 0 bridgehead atoms. The zero-order chi connectivity index (χ0) is 21.1. The molecular weight excluding hydrogens is 380 g/mol. The van der Waals surface area contributed by atoms with Crippen molar-refractivity contribution in [1.82, 2.24) is 10.2 Å². The van der Waals surface area contributed by atoms with E-state index in [4.69, 9.17) is 4.74 Å². The fourth-order valence-corrected chi connectivity index (χ4v) is 4.31. The van der Waals surface area contributed by atoms with Crippen molar-refractivity contribution < 1.29 is 19.4 Å². The number of hydrogen-bond donors (Lipinski definition) is 2. The minimum atomic E-state index is -0.476. The molecule has 0 saturated carbocycles. The van der Waals surface area contributed by atoms with Crippen LogP contribution in [0.3, 0.4) is 0 Å². The maximum absolute atomic E-state index is 13.0. The molecule has 2 aromatic rings. The second-order valence-corrected chi connectivity index (χ2v) is 8.13. The number of amides is 1. The van der Waals surface area contributed by atoms with Gasteiger partial charge in [0.2, 0.25) is 0 Å². The predicted molar refractivity (Wildman–Crippen MR) is 114 cm³/mol. The molecule has 4 rings (SSSR count). The van der Waals surface area contributed by atoms with Gasteiger partial charge in [0.25, 0.3) is 5.91 Å². The van der Waals surface area contributed by atoms with E-state index in [-0.39, 0.29) is 34.3 Å². The molecule has 0 spiro atoms. The van der Waals surface area contributed by atoms with Crippen LogP contribution in [-0.4, -0.2) is 47.9 Å². The number of benzene rings is 2. The molecule has 2 N–H and O–H groups in total. The van der Waals surface area contributed by atoms with Crippen LogP contribution in [0.1, 0.15) is 58.6 Å². The molecule has 0 aliphatic carbocycles. The number of phenolic OH excluding ortho intramolecular Hbond substituents is 1. The van der Waals surface area contributed by atoms with E-state index < -0.39 is 12.0 Å². The zero-order valence-electron chi connectivity index (χ0n) is 17.3. The average Bonchev–Trinajstić information content (AvgIpc) is 2.77. The highest BCUT2D eigenvalue weighted by Gasteiger charge is 2.37. The molecule has 6 heteroatoms. The molecule has 1 saturated heterocycles. The number of aromatic hydroxyl groups is 1. The largest absolute Gasteiger partial charge is 0.508 e. The van der Waals surface area contributed by atoms with Crippen molar-refractivity contribution in [3.63, 3.8) is 0 Å². The number of nitrogens with one attached hydrogen (secondary N) is 1. The second kappa shape index (κ2) is 8.88. The topological polar surface area (TPSA) is 78.9 Å². The van der Waals surface area contributed by atoms with Gasteiger partial charge in [-0.3, -0.25) is 9.59 Å². The van der Waals surface area contributed by atoms with Crippen molar-refractivity contribution in [2.45, 2.75) is 32.3 Å². The van der Waals surface area contributed by atoms with Gasteiger partial charge in [-0.25, -0.2) is 0 Å². The summed E-state index contributed by atoms with van der Waals surface area (Å²) in [7, 11) is 0. The lowest BCUT2D eigenvalue weighted by Gasteiger charge is -2.32. The van der Waals surface area contributed by atoms with Crippen molar-refractivity contribution in [1.29, 1.82) is 0 Å². The van der Waals surface area contributed by atoms with Gasteiger partial charge in [0.05, 0.1) is 17.0 Å². The average molecular weight is 408 g/mol. The standard InChI is InChI=1S/C24H28N2O4/c1-16-21(28)19-14-18(27)15-20(23(19)30-22(16)17-8-4-2-5-9-17)24(29)25-10-13-26-11-6-3-7-12-26/h2,4-5,8-9,14-16,22,27H,3,6-7,10-13H2,1H3,(H,25,29)/t16-,22+/m1/s1. The van der Waals surface area contributed by atoms with E-state index in [1.54, 1.807) is 0 Å². The van der Waals surface area contributed by atoms with Crippen LogP contribution in [0.2, 0.25) is 0 Å². The molecule has 2 heterocycles. The monoisotopic (exact) mass is 408 g/mol. The third-order valence-electron chi connectivity index (χ3n) is 5.99. The first-order valence-corrected chi connectivity index (χ1v) is 10.7. The smallest absolute Gasteiger partial charge is 0.255 e. The van der Waals surface area contributed by atoms with Crippen LogP contribution >= 0.6 is 0 Å². The molecule has 2 aliphatic rings. The van der Waals surface area contributed by atoms with E-state index in [1.165, 1.54) is 31.4 Å². The molecule has 1 fully saturated rings. The highest BCUT2D eigenvalue weighted by atomic mass is 16.5. The van der Waals surface area contributed by atoms with E-state index in [2.05, 4.69) is 10.2 Å². The van der Waals surface area contributed by atoms with E-state index >= 15 is 0 Å². The van der Waals surface area contributed by atoms with Crippen molar-refractivity contribution >= 4 is 11.7 Å². The van der Waals surface area contributed by atoms with E-state index in [1.807, 2.05) is 37.3 Å². The highest BCUT2D eigenvalue weighted by molar-refractivity contribution is 6.07. The summed E-state index contributed by atoms with van der Waals surface area (Å²) in [4.78, 5) is 28.3. The number of rotatable bonds is 5. The van der Waals surface area contributed by atoms with Crippen LogP contribution < -0.4 is 10.1 Å². The summed E-state index contributed by atoms with van der Waals surface area (Å²) in [5.74, 6) is -0.758. The maximum atomic E-state index is 13.0. The van der Waals surface area contributed by atoms with Crippen molar-refractivity contribution in [3.05, 3.63) is 59.2 Å². The SMILES string of the molecule is C[C@@H]1C(=O)c2cc(O)cc(C(=O)NCCN3CCCCC3)c2O[C@@H]1c1ccccc1. The summed E-state index contributed by atoms with van der Waals surface area (Å²) in [5, 5.41) is 13.1. The Kier molecular flexibility index (Phi) is 6.04. The van der Waals surface area contributed by atoms with Crippen molar-refractivity contribution in [2.24, 2.45) is 5.92 Å². The molecule has 2 aliphatic heterocycles. The highest BCUT2D eigenvalue weighted by Crippen LogP contribution is 2.42. The Labute approximate surface area is 176 Å². The Hall–Kier alpha value is -2.86. The fourth-order valence-electron chi connectivity index (χ4n) is 4.31. The maximum Gasteiger partial charge on any atom is 0.255 e. The summed E-state index contributed by atoms with van der Waals surface area (Å²) in [6, 6.07) is 12.3. The lowest BCUT2D eigenvalue weighted by Crippen LogP contribution is -2.38. The molecule has 0 unspecified atom stereocenters. The van der Waals surface area contributed by atoms with E-state index in [0.717, 1.165) is 25.2 Å². The number of nitrogens with zero attached hydrogens (tertiary/aromatic N) is 1. The summed E-state index contributed by atoms with van der Waals surface area (Å²) < 4.78 is 6.20. The minimum absolute atomic E-state index is 0.114. The van der Waals surface area contributed by atoms with Gasteiger partial charge in [-0.15, -0.1) is 0 Å². The minimum Gasteiger partial charge on any atom is -0.508 e. The molecule has 158 valence electrons. The number of ketones is 1. The zero-order valence-corrected chi connectivity index (χ0v) is 17.3. The first kappa shape index (κ1) is 20.4. The molecule has 0 radical (unpaired) electrons. The molecule has 30 heavy (non-hydrogen) atoms. The number of carbonyl (C=O) groups excluding carboxylic acids is 2. The molecule has 1 amide bonds. The van der Waals surface area contributed by atoms with Crippen LogP contribution in [0.4, 0.5) is 0 Å². The summed E-state index contributed by atoms with van der Waals surface area (Å²) in [6.45, 7) is 5.23. The van der Waals surface area contributed by atoms with Crippen LogP contribution in [0.15, 0.2) is 42.5 Å². The molecule has 2 aromatic carbocycles. The van der Waals surface area contributed by atoms with Crippen molar-refractivity contribution in [2.75, 3.05) is 26.2 Å². The van der Waals surface area contributed by atoms with Crippen LogP contribution in [0, 0.1) is 5.92 Å². The number of fused-ring (bicyclic) bond motifs is 1. The van der Waals surface area contributed by atoms with Gasteiger partial charge in [0.1, 0.15) is 17.6 Å². The number of likely N-dealkylation sites (tertiary alicyclic amines) is 1. The van der Waals surface area contributed by atoms with Gasteiger partial charge in [-0.1, -0.05) is 43.7 Å². The van der Waals surface area contributed by atoms with Gasteiger partial charge in [-0.2, -0.15) is 0 Å².